The number of methoxy groups -OCH3 is 1. The first kappa shape index (κ1) is 12.8. The lowest BCUT2D eigenvalue weighted by atomic mass is 10.3. The smallest absolute Gasteiger partial charge is 0.357 e. The molecular formula is C11H13N3O3S. The average molecular weight is 267 g/mol. The number of anilines is 1. The molecule has 1 unspecified atom stereocenters. The summed E-state index contributed by atoms with van der Waals surface area (Å²) in [6.45, 7) is 3.47. The first-order valence-electron chi connectivity index (χ1n) is 5.47. The Bertz CT molecular complexity index is 494. The number of nitrogens with zero attached hydrogens (tertiary/aromatic N) is 3. The molecule has 2 rings (SSSR count). The maximum atomic E-state index is 11.5. The molecule has 1 fully saturated rings. The van der Waals surface area contributed by atoms with Crippen LogP contribution in [0.25, 0.3) is 0 Å². The lowest BCUT2D eigenvalue weighted by Crippen LogP contribution is -2.41. The maximum Gasteiger partial charge on any atom is 0.357 e. The van der Waals surface area contributed by atoms with E-state index in [2.05, 4.69) is 15.8 Å². The molecule has 1 atom stereocenters. The van der Waals surface area contributed by atoms with E-state index < -0.39 is 12.1 Å². The molecule has 1 aliphatic rings. The predicted molar refractivity (Wildman–Crippen MR) is 65.8 cm³/mol. The zero-order valence-electron chi connectivity index (χ0n) is 10.2. The Labute approximate surface area is 109 Å². The van der Waals surface area contributed by atoms with Gasteiger partial charge in [0.05, 0.1) is 26.3 Å². The van der Waals surface area contributed by atoms with Gasteiger partial charge in [0.1, 0.15) is 0 Å². The van der Waals surface area contributed by atoms with Gasteiger partial charge in [-0.2, -0.15) is 5.26 Å². The summed E-state index contributed by atoms with van der Waals surface area (Å²) in [5, 5.41) is 9.58. The highest BCUT2D eigenvalue weighted by molar-refractivity contribution is 7.15. The highest BCUT2D eigenvalue weighted by atomic mass is 32.1. The third-order valence-electron chi connectivity index (χ3n) is 2.65. The molecule has 2 heterocycles. The molecule has 1 aliphatic heterocycles. The Morgan fingerprint density at radius 1 is 1.72 bits per heavy atom. The average Bonchev–Trinajstić information content (AvgIpc) is 2.80. The van der Waals surface area contributed by atoms with Crippen LogP contribution in [0.3, 0.4) is 0 Å². The van der Waals surface area contributed by atoms with Gasteiger partial charge in [-0.3, -0.25) is 0 Å². The minimum absolute atomic E-state index is 0.345. The van der Waals surface area contributed by atoms with Crippen molar-refractivity contribution in [3.05, 3.63) is 10.6 Å². The van der Waals surface area contributed by atoms with Crippen molar-refractivity contribution in [3.8, 4) is 6.07 Å². The summed E-state index contributed by atoms with van der Waals surface area (Å²) in [6.07, 6.45) is -0.440. The molecule has 0 N–H and O–H groups in total. The molecule has 1 aromatic heterocycles. The molecular weight excluding hydrogens is 254 g/mol. The van der Waals surface area contributed by atoms with Gasteiger partial charge in [-0.05, 0) is 6.92 Å². The van der Waals surface area contributed by atoms with E-state index in [4.69, 9.17) is 10.00 Å². The quantitative estimate of drug-likeness (QED) is 0.743. The lowest BCUT2D eigenvalue weighted by molar-refractivity contribution is 0.0594. The highest BCUT2D eigenvalue weighted by Gasteiger charge is 2.24. The van der Waals surface area contributed by atoms with E-state index >= 15 is 0 Å². The Hall–Kier alpha value is -1.65. The Kier molecular flexibility index (Phi) is 3.79. The lowest BCUT2D eigenvalue weighted by Gasteiger charge is -2.29. The van der Waals surface area contributed by atoms with Crippen LogP contribution in [-0.2, 0) is 9.47 Å². The zero-order valence-corrected chi connectivity index (χ0v) is 11.0. The number of carbonyl (C=O) groups is 1. The number of aromatic nitrogens is 1. The number of esters is 1. The van der Waals surface area contributed by atoms with E-state index in [1.807, 2.05) is 11.8 Å². The van der Waals surface area contributed by atoms with Crippen LogP contribution < -0.4 is 4.90 Å². The molecule has 7 heteroatoms. The standard InChI is InChI=1S/C11H13N3O3S/c1-7-9(10(15)16-2)13-11(18-7)14-3-4-17-8(5-12)6-14/h8H,3-4,6H2,1-2H3. The number of rotatable bonds is 2. The van der Waals surface area contributed by atoms with Crippen LogP contribution in [0, 0.1) is 18.3 Å². The van der Waals surface area contributed by atoms with E-state index in [9.17, 15) is 4.79 Å². The molecule has 6 nitrogen and oxygen atoms in total. The summed E-state index contributed by atoms with van der Waals surface area (Å²) in [7, 11) is 1.33. The van der Waals surface area contributed by atoms with Gasteiger partial charge in [-0.25, -0.2) is 9.78 Å². The number of ether oxygens (including phenoxy) is 2. The fourth-order valence-electron chi connectivity index (χ4n) is 1.70. The van der Waals surface area contributed by atoms with Crippen LogP contribution in [0.5, 0.6) is 0 Å². The minimum Gasteiger partial charge on any atom is -0.464 e. The third kappa shape index (κ3) is 2.44. The molecule has 18 heavy (non-hydrogen) atoms. The Balaban J connectivity index is 2.19. The van der Waals surface area contributed by atoms with Gasteiger partial charge in [-0.15, -0.1) is 11.3 Å². The molecule has 0 aliphatic carbocycles. The molecule has 1 aromatic rings. The van der Waals surface area contributed by atoms with Crippen molar-refractivity contribution in [2.24, 2.45) is 0 Å². The van der Waals surface area contributed by atoms with Crippen molar-refractivity contribution in [1.29, 1.82) is 5.26 Å². The highest BCUT2D eigenvalue weighted by Crippen LogP contribution is 2.27. The number of nitriles is 1. The van der Waals surface area contributed by atoms with Crippen LogP contribution >= 0.6 is 11.3 Å². The van der Waals surface area contributed by atoms with E-state index in [1.54, 1.807) is 0 Å². The van der Waals surface area contributed by atoms with Gasteiger partial charge >= 0.3 is 5.97 Å². The molecule has 0 bridgehead atoms. The summed E-state index contributed by atoms with van der Waals surface area (Å²) in [5.41, 5.74) is 0.345. The monoisotopic (exact) mass is 267 g/mol. The summed E-state index contributed by atoms with van der Waals surface area (Å²) in [4.78, 5) is 18.5. The Morgan fingerprint density at radius 2 is 2.50 bits per heavy atom. The van der Waals surface area contributed by atoms with Crippen LogP contribution in [0.15, 0.2) is 0 Å². The molecule has 1 saturated heterocycles. The van der Waals surface area contributed by atoms with Crippen LogP contribution in [0.4, 0.5) is 5.13 Å². The van der Waals surface area contributed by atoms with E-state index in [0.717, 1.165) is 10.0 Å². The second kappa shape index (κ2) is 5.33. The van der Waals surface area contributed by atoms with Crippen molar-refractivity contribution in [2.45, 2.75) is 13.0 Å². The number of hydrogen-bond donors (Lipinski definition) is 0. The number of thiazole rings is 1. The van der Waals surface area contributed by atoms with Gasteiger partial charge in [0.2, 0.25) is 0 Å². The third-order valence-corrected chi connectivity index (χ3v) is 3.68. The summed E-state index contributed by atoms with van der Waals surface area (Å²) in [6, 6.07) is 2.08. The molecule has 0 amide bonds. The SMILES string of the molecule is COC(=O)c1nc(N2CCOC(C#N)C2)sc1C. The van der Waals surface area contributed by atoms with Gasteiger partial charge in [-0.1, -0.05) is 0 Å². The van der Waals surface area contributed by atoms with E-state index in [1.165, 1.54) is 18.4 Å². The number of morpholine rings is 1. The largest absolute Gasteiger partial charge is 0.464 e. The first-order valence-corrected chi connectivity index (χ1v) is 6.29. The van der Waals surface area contributed by atoms with Gasteiger partial charge < -0.3 is 14.4 Å². The Morgan fingerprint density at radius 3 is 3.17 bits per heavy atom. The van der Waals surface area contributed by atoms with Crippen LogP contribution in [-0.4, -0.2) is 43.9 Å². The van der Waals surface area contributed by atoms with Gasteiger partial charge in [0, 0.05) is 11.4 Å². The van der Waals surface area contributed by atoms with Gasteiger partial charge in [0.25, 0.3) is 0 Å². The maximum absolute atomic E-state index is 11.5. The van der Waals surface area contributed by atoms with Crippen molar-refractivity contribution in [1.82, 2.24) is 4.98 Å². The second-order valence-electron chi connectivity index (χ2n) is 3.83. The molecule has 0 aromatic carbocycles. The van der Waals surface area contributed by atoms with Crippen LogP contribution in [0.1, 0.15) is 15.4 Å². The number of hydrogen-bond acceptors (Lipinski definition) is 7. The molecule has 0 radical (unpaired) electrons. The topological polar surface area (TPSA) is 75.4 Å². The summed E-state index contributed by atoms with van der Waals surface area (Å²) in [5.74, 6) is -0.430. The van der Waals surface area contributed by atoms with E-state index in [0.29, 0.717) is 25.4 Å². The number of aryl methyl sites for hydroxylation is 1. The second-order valence-corrected chi connectivity index (χ2v) is 5.01. The van der Waals surface area contributed by atoms with Gasteiger partial charge in [0.15, 0.2) is 16.9 Å². The predicted octanol–water partition coefficient (Wildman–Crippen LogP) is 0.967. The van der Waals surface area contributed by atoms with Crippen molar-refractivity contribution in [3.63, 3.8) is 0 Å². The fraction of sp³-hybridized carbons (Fsp3) is 0.545. The van der Waals surface area contributed by atoms with Crippen molar-refractivity contribution >= 4 is 22.4 Å². The molecule has 0 saturated carbocycles. The normalized spacial score (nSPS) is 19.4. The van der Waals surface area contributed by atoms with E-state index in [-0.39, 0.29) is 0 Å². The summed E-state index contributed by atoms with van der Waals surface area (Å²) >= 11 is 1.43. The molecule has 0 spiro atoms. The zero-order chi connectivity index (χ0) is 13.1. The molecule has 96 valence electrons. The van der Waals surface area contributed by atoms with Crippen molar-refractivity contribution < 1.29 is 14.3 Å². The minimum atomic E-state index is -0.440. The first-order chi connectivity index (χ1) is 8.65. The fourth-order valence-corrected chi connectivity index (χ4v) is 2.64. The van der Waals surface area contributed by atoms with Crippen molar-refractivity contribution in [2.75, 3.05) is 31.7 Å². The number of carbonyl (C=O) groups excluding carboxylic acids is 1. The van der Waals surface area contributed by atoms with Crippen LogP contribution in [0.2, 0.25) is 0 Å². The summed E-state index contributed by atoms with van der Waals surface area (Å²) < 4.78 is 9.94.